The Bertz CT molecular complexity index is 809. The Morgan fingerprint density at radius 3 is 2.44 bits per heavy atom. The number of amides is 2. The zero-order valence-corrected chi connectivity index (χ0v) is 16.0. The summed E-state index contributed by atoms with van der Waals surface area (Å²) in [6.45, 7) is 6.07. The number of carbonyl (C=O) groups excluding carboxylic acids is 2. The van der Waals surface area contributed by atoms with E-state index in [1.165, 1.54) is 0 Å². The van der Waals surface area contributed by atoms with Gasteiger partial charge in [-0.2, -0.15) is 0 Å². The molecule has 0 aliphatic carbocycles. The summed E-state index contributed by atoms with van der Waals surface area (Å²) < 4.78 is 5.61. The summed E-state index contributed by atoms with van der Waals surface area (Å²) in [4.78, 5) is 26.3. The number of carbonyl (C=O) groups is 2. The van der Waals surface area contributed by atoms with Crippen LogP contribution in [0, 0.1) is 13.8 Å². The molecule has 0 bridgehead atoms. The Morgan fingerprint density at radius 2 is 1.74 bits per heavy atom. The van der Waals surface area contributed by atoms with E-state index in [0.29, 0.717) is 12.1 Å². The summed E-state index contributed by atoms with van der Waals surface area (Å²) >= 11 is 0. The molecule has 0 atom stereocenters. The molecule has 1 N–H and O–H groups in total. The number of likely N-dealkylation sites (tertiary alicyclic amines) is 1. The topological polar surface area (TPSA) is 58.6 Å². The number of rotatable bonds is 6. The van der Waals surface area contributed by atoms with Gasteiger partial charge < -0.3 is 15.0 Å². The molecule has 1 saturated heterocycles. The van der Waals surface area contributed by atoms with E-state index in [0.717, 1.165) is 48.4 Å². The monoisotopic (exact) mass is 366 g/mol. The van der Waals surface area contributed by atoms with Crippen LogP contribution < -0.4 is 10.1 Å². The first-order valence-corrected chi connectivity index (χ1v) is 9.38. The number of hydrogen-bond donors (Lipinski definition) is 1. The van der Waals surface area contributed by atoms with E-state index in [1.54, 1.807) is 0 Å². The summed E-state index contributed by atoms with van der Waals surface area (Å²) in [5.74, 6) is 0.646. The highest BCUT2D eigenvalue weighted by atomic mass is 16.5. The van der Waals surface area contributed by atoms with Crippen LogP contribution in [-0.4, -0.2) is 36.4 Å². The number of hydrogen-bond acceptors (Lipinski definition) is 3. The van der Waals surface area contributed by atoms with Gasteiger partial charge in [0.15, 0.2) is 6.61 Å². The van der Waals surface area contributed by atoms with Crippen LogP contribution >= 0.6 is 0 Å². The lowest BCUT2D eigenvalue weighted by Gasteiger charge is -2.15. The molecule has 5 heteroatoms. The highest BCUT2D eigenvalue weighted by molar-refractivity contribution is 5.94. The SMILES string of the molecule is Cc1cccc(OCC(=O)NCc2ccc(C(=O)N3CCCC3)cc2)c1C. The van der Waals surface area contributed by atoms with Crippen molar-refractivity contribution in [3.8, 4) is 5.75 Å². The van der Waals surface area contributed by atoms with Gasteiger partial charge in [-0.15, -0.1) is 0 Å². The van der Waals surface area contributed by atoms with Crippen LogP contribution in [0.4, 0.5) is 0 Å². The maximum absolute atomic E-state index is 12.3. The molecule has 0 saturated carbocycles. The van der Waals surface area contributed by atoms with E-state index in [2.05, 4.69) is 5.32 Å². The molecule has 5 nitrogen and oxygen atoms in total. The number of aryl methyl sites for hydroxylation is 1. The van der Waals surface area contributed by atoms with Crippen molar-refractivity contribution >= 4 is 11.8 Å². The minimum Gasteiger partial charge on any atom is -0.483 e. The van der Waals surface area contributed by atoms with E-state index in [4.69, 9.17) is 4.74 Å². The third kappa shape index (κ3) is 4.88. The molecule has 0 aromatic heterocycles. The minimum absolute atomic E-state index is 0.0180. The van der Waals surface area contributed by atoms with Gasteiger partial charge in [-0.1, -0.05) is 24.3 Å². The maximum atomic E-state index is 12.3. The van der Waals surface area contributed by atoms with Crippen molar-refractivity contribution in [3.63, 3.8) is 0 Å². The fraction of sp³-hybridized carbons (Fsp3) is 0.364. The second-order valence-corrected chi connectivity index (χ2v) is 6.96. The number of nitrogens with zero attached hydrogens (tertiary/aromatic N) is 1. The number of ether oxygens (including phenoxy) is 1. The molecule has 0 radical (unpaired) electrons. The molecule has 1 aliphatic rings. The Balaban J connectivity index is 1.47. The number of nitrogens with one attached hydrogen (secondary N) is 1. The van der Waals surface area contributed by atoms with Gasteiger partial charge in [0.05, 0.1) is 0 Å². The van der Waals surface area contributed by atoms with E-state index < -0.39 is 0 Å². The van der Waals surface area contributed by atoms with Crippen molar-refractivity contribution < 1.29 is 14.3 Å². The van der Waals surface area contributed by atoms with E-state index in [1.807, 2.05) is 61.2 Å². The van der Waals surface area contributed by atoms with E-state index in [9.17, 15) is 9.59 Å². The summed E-state index contributed by atoms with van der Waals surface area (Å²) in [6, 6.07) is 13.2. The zero-order chi connectivity index (χ0) is 19.2. The van der Waals surface area contributed by atoms with Gasteiger partial charge in [0, 0.05) is 25.2 Å². The normalized spacial score (nSPS) is 13.5. The molecule has 0 unspecified atom stereocenters. The largest absolute Gasteiger partial charge is 0.483 e. The van der Waals surface area contributed by atoms with Gasteiger partial charge in [0.1, 0.15) is 5.75 Å². The molecule has 1 fully saturated rings. The van der Waals surface area contributed by atoms with Crippen LogP contribution in [-0.2, 0) is 11.3 Å². The van der Waals surface area contributed by atoms with Gasteiger partial charge in [0.25, 0.3) is 11.8 Å². The van der Waals surface area contributed by atoms with Crippen LogP contribution in [0.2, 0.25) is 0 Å². The highest BCUT2D eigenvalue weighted by Crippen LogP contribution is 2.20. The summed E-state index contributed by atoms with van der Waals surface area (Å²) in [5.41, 5.74) is 3.83. The molecule has 1 heterocycles. The third-order valence-corrected chi connectivity index (χ3v) is 5.00. The van der Waals surface area contributed by atoms with Crippen molar-refractivity contribution in [1.29, 1.82) is 0 Å². The van der Waals surface area contributed by atoms with Crippen molar-refractivity contribution in [3.05, 3.63) is 64.7 Å². The molecule has 27 heavy (non-hydrogen) atoms. The molecule has 3 rings (SSSR count). The van der Waals surface area contributed by atoms with Gasteiger partial charge >= 0.3 is 0 Å². The smallest absolute Gasteiger partial charge is 0.258 e. The second-order valence-electron chi connectivity index (χ2n) is 6.96. The molecule has 0 spiro atoms. The van der Waals surface area contributed by atoms with Crippen LogP contribution in [0.25, 0.3) is 0 Å². The second kappa shape index (κ2) is 8.71. The average molecular weight is 366 g/mol. The van der Waals surface area contributed by atoms with Gasteiger partial charge in [-0.05, 0) is 61.6 Å². The lowest BCUT2D eigenvalue weighted by atomic mass is 10.1. The van der Waals surface area contributed by atoms with Crippen LogP contribution in [0.3, 0.4) is 0 Å². The van der Waals surface area contributed by atoms with Gasteiger partial charge in [-0.25, -0.2) is 0 Å². The van der Waals surface area contributed by atoms with Crippen molar-refractivity contribution in [2.24, 2.45) is 0 Å². The minimum atomic E-state index is -0.173. The quantitative estimate of drug-likeness (QED) is 0.854. The first kappa shape index (κ1) is 19.0. The third-order valence-electron chi connectivity index (χ3n) is 5.00. The molecule has 1 aliphatic heterocycles. The molecule has 142 valence electrons. The first-order valence-electron chi connectivity index (χ1n) is 9.38. The Labute approximate surface area is 160 Å². The highest BCUT2D eigenvalue weighted by Gasteiger charge is 2.19. The molecule has 2 aromatic carbocycles. The predicted molar refractivity (Wildman–Crippen MR) is 105 cm³/mol. The lowest BCUT2D eigenvalue weighted by molar-refractivity contribution is -0.123. The summed E-state index contributed by atoms with van der Waals surface area (Å²) in [7, 11) is 0. The summed E-state index contributed by atoms with van der Waals surface area (Å²) in [6.07, 6.45) is 2.17. The zero-order valence-electron chi connectivity index (χ0n) is 16.0. The van der Waals surface area contributed by atoms with Gasteiger partial charge in [-0.3, -0.25) is 9.59 Å². The molecular weight excluding hydrogens is 340 g/mol. The van der Waals surface area contributed by atoms with Crippen molar-refractivity contribution in [1.82, 2.24) is 10.2 Å². The molecule has 2 amide bonds. The standard InChI is InChI=1S/C22H26N2O3/c1-16-6-5-7-20(17(16)2)27-15-21(25)23-14-18-8-10-19(11-9-18)22(26)24-12-3-4-13-24/h5-11H,3-4,12-15H2,1-2H3,(H,23,25). The Morgan fingerprint density at radius 1 is 1.04 bits per heavy atom. The first-order chi connectivity index (χ1) is 13.0. The van der Waals surface area contributed by atoms with Crippen LogP contribution in [0.1, 0.15) is 39.9 Å². The predicted octanol–water partition coefficient (Wildman–Crippen LogP) is 3.23. The van der Waals surface area contributed by atoms with Crippen molar-refractivity contribution in [2.45, 2.75) is 33.2 Å². The van der Waals surface area contributed by atoms with Crippen LogP contribution in [0.15, 0.2) is 42.5 Å². The Hall–Kier alpha value is -2.82. The van der Waals surface area contributed by atoms with E-state index >= 15 is 0 Å². The Kier molecular flexibility index (Phi) is 6.12. The molecule has 2 aromatic rings. The van der Waals surface area contributed by atoms with Crippen molar-refractivity contribution in [2.75, 3.05) is 19.7 Å². The van der Waals surface area contributed by atoms with Gasteiger partial charge in [0.2, 0.25) is 0 Å². The summed E-state index contributed by atoms with van der Waals surface area (Å²) in [5, 5.41) is 2.85. The average Bonchev–Trinajstić information content (AvgIpc) is 3.22. The fourth-order valence-corrected chi connectivity index (χ4v) is 3.14. The number of benzene rings is 2. The maximum Gasteiger partial charge on any atom is 0.258 e. The van der Waals surface area contributed by atoms with Crippen LogP contribution in [0.5, 0.6) is 5.75 Å². The fourth-order valence-electron chi connectivity index (χ4n) is 3.14. The van der Waals surface area contributed by atoms with E-state index in [-0.39, 0.29) is 18.4 Å². The lowest BCUT2D eigenvalue weighted by Crippen LogP contribution is -2.29. The molecular formula is C22H26N2O3.